The van der Waals surface area contributed by atoms with E-state index in [-0.39, 0.29) is 5.04 Å². The minimum Gasteiger partial charge on any atom is -0.413 e. The van der Waals surface area contributed by atoms with Gasteiger partial charge in [-0.15, -0.1) is 4.98 Å². The molecular weight excluding hydrogens is 308 g/mol. The molecule has 0 fully saturated rings. The summed E-state index contributed by atoms with van der Waals surface area (Å²) in [7, 11) is -1.75. The van der Waals surface area contributed by atoms with Gasteiger partial charge < -0.3 is 9.27 Å². The highest BCUT2D eigenvalue weighted by Crippen LogP contribution is 2.37. The van der Waals surface area contributed by atoms with Gasteiger partial charge in [-0.3, -0.25) is 0 Å². The first kappa shape index (κ1) is 15.4. The van der Waals surface area contributed by atoms with Crippen LogP contribution < -0.4 is 0 Å². The van der Waals surface area contributed by atoms with Crippen LogP contribution in [0.3, 0.4) is 0 Å². The molecule has 1 aromatic heterocycles. The minimum atomic E-state index is -1.75. The number of aromatic nitrogens is 1. The van der Waals surface area contributed by atoms with E-state index in [1.54, 1.807) is 6.07 Å². The molecule has 0 aromatic carbocycles. The van der Waals surface area contributed by atoms with Crippen molar-refractivity contribution in [2.45, 2.75) is 45.5 Å². The Balaban J connectivity index is 2.82. The van der Waals surface area contributed by atoms with Gasteiger partial charge in [-0.1, -0.05) is 27.3 Å². The standard InChI is InChI=1S/C13H19BrN2OSi/c1-13(2,3)18(5,6)17-9-10-7-11(14)16-12(8-10)15-4/h7-8H,9H2,1-3,5-6H3. The highest BCUT2D eigenvalue weighted by atomic mass is 79.9. The van der Waals surface area contributed by atoms with E-state index in [9.17, 15) is 0 Å². The molecule has 0 unspecified atom stereocenters. The molecule has 0 amide bonds. The maximum Gasteiger partial charge on any atom is 0.271 e. The maximum atomic E-state index is 7.00. The van der Waals surface area contributed by atoms with Crippen molar-refractivity contribution in [3.63, 3.8) is 0 Å². The number of hydrogen-bond acceptors (Lipinski definition) is 2. The van der Waals surface area contributed by atoms with Crippen molar-refractivity contribution >= 4 is 30.1 Å². The third-order valence-corrected chi connectivity index (χ3v) is 8.25. The van der Waals surface area contributed by atoms with Crippen molar-refractivity contribution < 1.29 is 4.43 Å². The molecule has 0 saturated carbocycles. The van der Waals surface area contributed by atoms with Gasteiger partial charge in [0, 0.05) is 0 Å². The summed E-state index contributed by atoms with van der Waals surface area (Å²) in [6.45, 7) is 18.6. The second-order valence-corrected chi connectivity index (χ2v) is 11.4. The SMILES string of the molecule is [C-]#[N+]c1cc(CO[Si](C)(C)C(C)(C)C)cc(Br)n1. The second-order valence-electron chi connectivity index (χ2n) is 5.82. The summed E-state index contributed by atoms with van der Waals surface area (Å²) in [5.74, 6) is 0.401. The van der Waals surface area contributed by atoms with Crippen LogP contribution in [0, 0.1) is 6.57 Å². The van der Waals surface area contributed by atoms with E-state index in [0.29, 0.717) is 17.0 Å². The molecule has 0 radical (unpaired) electrons. The lowest BCUT2D eigenvalue weighted by atomic mass is 10.2. The fourth-order valence-electron chi connectivity index (χ4n) is 1.16. The quantitative estimate of drug-likeness (QED) is 0.448. The Morgan fingerprint density at radius 2 is 2.00 bits per heavy atom. The molecule has 3 nitrogen and oxygen atoms in total. The van der Waals surface area contributed by atoms with E-state index in [1.165, 1.54) is 0 Å². The topological polar surface area (TPSA) is 26.5 Å². The van der Waals surface area contributed by atoms with E-state index < -0.39 is 8.32 Å². The average Bonchev–Trinajstić information content (AvgIpc) is 2.24. The van der Waals surface area contributed by atoms with Gasteiger partial charge in [0.2, 0.25) is 0 Å². The molecule has 1 heterocycles. The Bertz CT molecular complexity index is 475. The largest absolute Gasteiger partial charge is 0.413 e. The van der Waals surface area contributed by atoms with Crippen molar-refractivity contribution in [2.75, 3.05) is 0 Å². The summed E-state index contributed by atoms with van der Waals surface area (Å²) >= 11 is 3.32. The number of nitrogens with zero attached hydrogens (tertiary/aromatic N) is 2. The molecule has 0 N–H and O–H groups in total. The predicted octanol–water partition coefficient (Wildman–Crippen LogP) is 4.92. The zero-order valence-corrected chi connectivity index (χ0v) is 14.1. The minimum absolute atomic E-state index is 0.194. The average molecular weight is 327 g/mol. The summed E-state index contributed by atoms with van der Waals surface area (Å²) in [5.41, 5.74) is 0.993. The molecule has 0 aliphatic carbocycles. The fraction of sp³-hybridized carbons (Fsp3) is 0.538. The van der Waals surface area contributed by atoms with E-state index >= 15 is 0 Å². The summed E-state index contributed by atoms with van der Waals surface area (Å²) in [6, 6.07) is 3.69. The Hall–Kier alpha value is -0.703. The van der Waals surface area contributed by atoms with Gasteiger partial charge in [-0.05, 0) is 51.8 Å². The number of pyridine rings is 1. The predicted molar refractivity (Wildman–Crippen MR) is 80.2 cm³/mol. The van der Waals surface area contributed by atoms with Crippen LogP contribution in [0.1, 0.15) is 26.3 Å². The first-order chi connectivity index (χ1) is 8.15. The van der Waals surface area contributed by atoms with Gasteiger partial charge in [-0.25, -0.2) is 0 Å². The van der Waals surface area contributed by atoms with Gasteiger partial charge in [0.1, 0.15) is 0 Å². The highest BCUT2D eigenvalue weighted by Gasteiger charge is 2.37. The summed E-state index contributed by atoms with van der Waals surface area (Å²) in [4.78, 5) is 7.41. The fourth-order valence-corrected chi connectivity index (χ4v) is 2.59. The van der Waals surface area contributed by atoms with Gasteiger partial charge >= 0.3 is 0 Å². The van der Waals surface area contributed by atoms with E-state index in [0.717, 1.165) is 5.56 Å². The molecule has 98 valence electrons. The zero-order chi connectivity index (χ0) is 14.0. The van der Waals surface area contributed by atoms with E-state index in [4.69, 9.17) is 11.0 Å². The number of hydrogen-bond donors (Lipinski definition) is 0. The summed E-state index contributed by atoms with van der Waals surface area (Å²) in [5, 5.41) is 0.194. The van der Waals surface area contributed by atoms with Crippen LogP contribution in [0.5, 0.6) is 0 Å². The Morgan fingerprint density at radius 1 is 1.39 bits per heavy atom. The molecular formula is C13H19BrN2OSi. The van der Waals surface area contributed by atoms with Crippen molar-refractivity contribution in [2.24, 2.45) is 0 Å². The zero-order valence-electron chi connectivity index (χ0n) is 11.5. The molecule has 0 atom stereocenters. The molecule has 18 heavy (non-hydrogen) atoms. The third kappa shape index (κ3) is 3.90. The first-order valence-corrected chi connectivity index (χ1v) is 9.54. The lowest BCUT2D eigenvalue weighted by Gasteiger charge is -2.36. The first-order valence-electron chi connectivity index (χ1n) is 5.83. The normalized spacial score (nSPS) is 12.3. The molecule has 0 aliphatic heterocycles. The van der Waals surface area contributed by atoms with Crippen LogP contribution in [-0.4, -0.2) is 13.3 Å². The van der Waals surface area contributed by atoms with Gasteiger partial charge in [-0.2, -0.15) is 0 Å². The maximum absolute atomic E-state index is 7.00. The summed E-state index contributed by atoms with van der Waals surface area (Å²) in [6.07, 6.45) is 0. The van der Waals surface area contributed by atoms with Crippen LogP contribution in [0.4, 0.5) is 5.82 Å². The van der Waals surface area contributed by atoms with Crippen molar-refractivity contribution in [1.29, 1.82) is 0 Å². The lowest BCUT2D eigenvalue weighted by molar-refractivity contribution is 0.276. The molecule has 0 spiro atoms. The van der Waals surface area contributed by atoms with Crippen LogP contribution in [-0.2, 0) is 11.0 Å². The molecule has 0 bridgehead atoms. The monoisotopic (exact) mass is 326 g/mol. The molecule has 5 heteroatoms. The van der Waals surface area contributed by atoms with E-state index in [2.05, 4.69) is 59.6 Å². The van der Waals surface area contributed by atoms with Crippen molar-refractivity contribution in [3.8, 4) is 0 Å². The van der Waals surface area contributed by atoms with Gasteiger partial charge in [0.15, 0.2) is 12.9 Å². The Morgan fingerprint density at radius 3 is 2.50 bits per heavy atom. The lowest BCUT2D eigenvalue weighted by Crippen LogP contribution is -2.40. The molecule has 0 aliphatic rings. The molecule has 0 saturated heterocycles. The smallest absolute Gasteiger partial charge is 0.271 e. The highest BCUT2D eigenvalue weighted by molar-refractivity contribution is 9.10. The summed E-state index contributed by atoms with van der Waals surface area (Å²) < 4.78 is 6.81. The van der Waals surface area contributed by atoms with Crippen molar-refractivity contribution in [1.82, 2.24) is 4.98 Å². The van der Waals surface area contributed by atoms with E-state index in [1.807, 2.05) is 6.07 Å². The third-order valence-electron chi connectivity index (χ3n) is 3.36. The number of halogens is 1. The Kier molecular flexibility index (Phi) is 4.70. The van der Waals surface area contributed by atoms with Crippen LogP contribution in [0.25, 0.3) is 4.85 Å². The molecule has 1 aromatic rings. The molecule has 1 rings (SSSR count). The van der Waals surface area contributed by atoms with Crippen LogP contribution in [0.2, 0.25) is 18.1 Å². The van der Waals surface area contributed by atoms with Crippen LogP contribution in [0.15, 0.2) is 16.7 Å². The van der Waals surface area contributed by atoms with Crippen LogP contribution >= 0.6 is 15.9 Å². The van der Waals surface area contributed by atoms with Gasteiger partial charge in [0.05, 0.1) is 6.61 Å². The Labute approximate surface area is 119 Å². The number of rotatable bonds is 3. The van der Waals surface area contributed by atoms with Gasteiger partial charge in [0.25, 0.3) is 5.82 Å². The van der Waals surface area contributed by atoms with Crippen molar-refractivity contribution in [3.05, 3.63) is 33.7 Å². The second kappa shape index (κ2) is 5.51.